The number of carbonyl (C=O) groups excluding carboxylic acids is 2. The molecule has 0 radical (unpaired) electrons. The van der Waals surface area contributed by atoms with Crippen LogP contribution in [0.25, 0.3) is 0 Å². The summed E-state index contributed by atoms with van der Waals surface area (Å²) in [6, 6.07) is 6.16. The summed E-state index contributed by atoms with van der Waals surface area (Å²) in [4.78, 5) is 35.7. The predicted molar refractivity (Wildman–Crippen MR) is 58.1 cm³/mol. The van der Waals surface area contributed by atoms with Crippen molar-refractivity contribution in [3.05, 3.63) is 24.3 Å². The Bertz CT molecular complexity index is 441. The smallest absolute Gasteiger partial charge is 0.441 e. The van der Waals surface area contributed by atoms with Crippen molar-refractivity contribution in [2.45, 2.75) is 6.92 Å². The highest BCUT2D eigenvalue weighted by atomic mass is 16.7. The quantitative estimate of drug-likeness (QED) is 0.526. The molecule has 0 spiro atoms. The summed E-state index contributed by atoms with van der Waals surface area (Å²) >= 11 is 0. The van der Waals surface area contributed by atoms with Gasteiger partial charge in [0.05, 0.1) is 5.69 Å². The molecule has 1 amide bonds. The van der Waals surface area contributed by atoms with E-state index < -0.39 is 11.9 Å². The van der Waals surface area contributed by atoms with Crippen molar-refractivity contribution in [3.8, 4) is 0 Å². The summed E-state index contributed by atoms with van der Waals surface area (Å²) in [7, 11) is 0. The zero-order chi connectivity index (χ0) is 12.8. The third-order valence-corrected chi connectivity index (χ3v) is 1.64. The lowest BCUT2D eigenvalue weighted by Crippen LogP contribution is -2.19. The van der Waals surface area contributed by atoms with Crippen LogP contribution >= 0.6 is 0 Å². The molecule has 7 heteroatoms. The number of carbonyl (C=O) groups is 3. The van der Waals surface area contributed by atoms with Crippen LogP contribution in [0.1, 0.15) is 6.92 Å². The Morgan fingerprint density at radius 1 is 1.12 bits per heavy atom. The van der Waals surface area contributed by atoms with Crippen LogP contribution in [0, 0.1) is 0 Å². The number of anilines is 2. The number of hydrogen-bond donors (Lipinski definition) is 3. The zero-order valence-electron chi connectivity index (χ0n) is 8.89. The van der Waals surface area contributed by atoms with Crippen molar-refractivity contribution < 1.29 is 24.3 Å². The van der Waals surface area contributed by atoms with E-state index in [4.69, 9.17) is 5.11 Å². The minimum absolute atomic E-state index is 0.206. The molecule has 7 nitrogen and oxygen atoms in total. The van der Waals surface area contributed by atoms with Gasteiger partial charge in [-0.3, -0.25) is 4.79 Å². The SMILES string of the molecule is CC(=O)Nc1ccc(NOC(=O)C(=O)O)cc1. The number of carboxylic acid groups (broad SMARTS) is 1. The maximum absolute atomic E-state index is 10.7. The van der Waals surface area contributed by atoms with Crippen LogP contribution in [0.5, 0.6) is 0 Å². The fourth-order valence-electron chi connectivity index (χ4n) is 0.974. The van der Waals surface area contributed by atoms with Gasteiger partial charge in [0.25, 0.3) is 0 Å². The Morgan fingerprint density at radius 3 is 2.12 bits per heavy atom. The monoisotopic (exact) mass is 238 g/mol. The van der Waals surface area contributed by atoms with Crippen LogP contribution < -0.4 is 10.8 Å². The first-order valence-electron chi connectivity index (χ1n) is 4.57. The first kappa shape index (κ1) is 12.5. The molecule has 3 N–H and O–H groups in total. The van der Waals surface area contributed by atoms with E-state index in [1.54, 1.807) is 12.1 Å². The molecule has 0 bridgehead atoms. The molecular weight excluding hydrogens is 228 g/mol. The topological polar surface area (TPSA) is 105 Å². The molecule has 0 saturated carbocycles. The average molecular weight is 238 g/mol. The van der Waals surface area contributed by atoms with Crippen LogP contribution in [0.15, 0.2) is 24.3 Å². The molecule has 1 rings (SSSR count). The Kier molecular flexibility index (Phi) is 4.04. The second-order valence-corrected chi connectivity index (χ2v) is 3.06. The van der Waals surface area contributed by atoms with E-state index in [9.17, 15) is 14.4 Å². The molecule has 0 aliphatic heterocycles. The van der Waals surface area contributed by atoms with Gasteiger partial charge in [0.2, 0.25) is 5.91 Å². The number of nitrogens with one attached hydrogen (secondary N) is 2. The third-order valence-electron chi connectivity index (χ3n) is 1.64. The van der Waals surface area contributed by atoms with E-state index in [2.05, 4.69) is 15.6 Å². The summed E-state index contributed by atoms with van der Waals surface area (Å²) < 4.78 is 0. The number of amides is 1. The molecule has 90 valence electrons. The van der Waals surface area contributed by atoms with Crippen molar-refractivity contribution in [2.24, 2.45) is 0 Å². The van der Waals surface area contributed by atoms with Gasteiger partial charge in [-0.05, 0) is 24.3 Å². The fraction of sp³-hybridized carbons (Fsp3) is 0.100. The van der Waals surface area contributed by atoms with Gasteiger partial charge in [0, 0.05) is 12.6 Å². The van der Waals surface area contributed by atoms with E-state index in [1.807, 2.05) is 0 Å². The van der Waals surface area contributed by atoms with E-state index in [1.165, 1.54) is 19.1 Å². The van der Waals surface area contributed by atoms with Crippen molar-refractivity contribution in [1.82, 2.24) is 0 Å². The highest BCUT2D eigenvalue weighted by molar-refractivity contribution is 6.28. The number of carboxylic acids is 1. The minimum Gasteiger partial charge on any atom is -0.473 e. The molecule has 0 saturated heterocycles. The van der Waals surface area contributed by atoms with E-state index in [-0.39, 0.29) is 5.91 Å². The lowest BCUT2D eigenvalue weighted by atomic mass is 10.3. The minimum atomic E-state index is -1.69. The number of rotatable bonds is 3. The van der Waals surface area contributed by atoms with E-state index in [0.29, 0.717) is 11.4 Å². The summed E-state index contributed by atoms with van der Waals surface area (Å²) in [6.45, 7) is 1.38. The molecule has 0 aliphatic rings. The van der Waals surface area contributed by atoms with Gasteiger partial charge in [-0.2, -0.15) is 0 Å². The highest BCUT2D eigenvalue weighted by Crippen LogP contribution is 2.13. The van der Waals surface area contributed by atoms with E-state index >= 15 is 0 Å². The molecule has 0 fully saturated rings. The van der Waals surface area contributed by atoms with Crippen LogP contribution in [-0.2, 0) is 19.2 Å². The molecule has 0 atom stereocenters. The molecule has 0 aliphatic carbocycles. The van der Waals surface area contributed by atoms with Crippen LogP contribution in [0.2, 0.25) is 0 Å². The van der Waals surface area contributed by atoms with Crippen LogP contribution in [0.4, 0.5) is 11.4 Å². The van der Waals surface area contributed by atoms with Gasteiger partial charge in [-0.15, -0.1) is 0 Å². The molecular formula is C10H10N2O5. The Labute approximate surface area is 96.3 Å². The molecule has 0 unspecified atom stereocenters. The molecule has 0 heterocycles. The summed E-state index contributed by atoms with van der Waals surface area (Å²) in [5, 5.41) is 10.8. The van der Waals surface area contributed by atoms with Gasteiger partial charge in [-0.1, -0.05) is 0 Å². The van der Waals surface area contributed by atoms with Crippen molar-refractivity contribution in [3.63, 3.8) is 0 Å². The van der Waals surface area contributed by atoms with Gasteiger partial charge in [0.15, 0.2) is 0 Å². The Balaban J connectivity index is 2.54. The van der Waals surface area contributed by atoms with Crippen molar-refractivity contribution in [2.75, 3.05) is 10.8 Å². The maximum Gasteiger partial charge on any atom is 0.441 e. The largest absolute Gasteiger partial charge is 0.473 e. The fourth-order valence-corrected chi connectivity index (χ4v) is 0.974. The van der Waals surface area contributed by atoms with Crippen LogP contribution in [0.3, 0.4) is 0 Å². The molecule has 17 heavy (non-hydrogen) atoms. The maximum atomic E-state index is 10.7. The van der Waals surface area contributed by atoms with Gasteiger partial charge in [0.1, 0.15) is 0 Å². The lowest BCUT2D eigenvalue weighted by molar-refractivity contribution is -0.161. The van der Waals surface area contributed by atoms with Crippen LogP contribution in [-0.4, -0.2) is 23.0 Å². The van der Waals surface area contributed by atoms with Gasteiger partial charge in [-0.25, -0.2) is 15.1 Å². The summed E-state index contributed by atoms with van der Waals surface area (Å²) in [6.07, 6.45) is 0. The summed E-state index contributed by atoms with van der Waals surface area (Å²) in [5.41, 5.74) is 3.12. The van der Waals surface area contributed by atoms with E-state index in [0.717, 1.165) is 0 Å². The molecule has 1 aromatic rings. The van der Waals surface area contributed by atoms with Gasteiger partial charge < -0.3 is 15.3 Å². The standard InChI is InChI=1S/C10H10N2O5/c1-6(13)11-7-2-4-8(5-3-7)12-17-10(16)9(14)15/h2-5,12H,1H3,(H,11,13)(H,14,15). The van der Waals surface area contributed by atoms with Crippen molar-refractivity contribution in [1.29, 1.82) is 0 Å². The zero-order valence-corrected chi connectivity index (χ0v) is 8.89. The second-order valence-electron chi connectivity index (χ2n) is 3.06. The molecule has 0 aromatic heterocycles. The van der Waals surface area contributed by atoms with Crippen molar-refractivity contribution >= 4 is 29.2 Å². The Hall–Kier alpha value is -2.57. The Morgan fingerprint density at radius 2 is 1.65 bits per heavy atom. The average Bonchev–Trinajstić information content (AvgIpc) is 2.26. The molecule has 1 aromatic carbocycles. The normalized spacial score (nSPS) is 9.24. The third kappa shape index (κ3) is 4.20. The number of aliphatic carboxylic acids is 1. The highest BCUT2D eigenvalue weighted by Gasteiger charge is 2.12. The van der Waals surface area contributed by atoms with Gasteiger partial charge >= 0.3 is 11.9 Å². The second kappa shape index (κ2) is 5.50. The predicted octanol–water partition coefficient (Wildman–Crippen LogP) is 0.600. The lowest BCUT2D eigenvalue weighted by Gasteiger charge is -2.06. The number of benzene rings is 1. The summed E-state index contributed by atoms with van der Waals surface area (Å²) in [5.74, 6) is -3.30. The first-order chi connectivity index (χ1) is 7.99. The first-order valence-corrected chi connectivity index (χ1v) is 4.57. The number of hydrogen-bond acceptors (Lipinski definition) is 5.